The molecule has 0 bridgehead atoms. The summed E-state index contributed by atoms with van der Waals surface area (Å²) in [5.74, 6) is -0.393. The molecule has 0 radical (unpaired) electrons. The van der Waals surface area contributed by atoms with Crippen LogP contribution in [0.2, 0.25) is 0 Å². The molecule has 212 valence electrons. The number of anilines is 2. The monoisotopic (exact) mass is 552 g/mol. The van der Waals surface area contributed by atoms with Gasteiger partial charge in [0.2, 0.25) is 0 Å². The van der Waals surface area contributed by atoms with E-state index < -0.39 is 0 Å². The molecule has 41 heavy (non-hydrogen) atoms. The molecule has 9 nitrogen and oxygen atoms in total. The molecule has 1 aromatic heterocycles. The molecule has 1 atom stereocenters. The van der Waals surface area contributed by atoms with Gasteiger partial charge in [-0.15, -0.1) is 0 Å². The number of aromatic nitrogens is 1. The largest absolute Gasteiger partial charge is 0.378 e. The molecule has 2 amide bonds. The van der Waals surface area contributed by atoms with Gasteiger partial charge in [-0.25, -0.2) is 0 Å². The molecular formula is C32H36N6O3. The molecule has 2 fully saturated rings. The summed E-state index contributed by atoms with van der Waals surface area (Å²) in [6.07, 6.45) is 3.92. The van der Waals surface area contributed by atoms with Crippen molar-refractivity contribution in [1.29, 1.82) is 5.26 Å². The third kappa shape index (κ3) is 6.73. The zero-order valence-electron chi connectivity index (χ0n) is 23.7. The molecule has 2 aromatic carbocycles. The summed E-state index contributed by atoms with van der Waals surface area (Å²) in [6.45, 7) is 9.46. The molecule has 0 saturated carbocycles. The number of nitrogens with one attached hydrogen (secondary N) is 2. The van der Waals surface area contributed by atoms with Crippen molar-refractivity contribution in [3.63, 3.8) is 0 Å². The second-order valence-corrected chi connectivity index (χ2v) is 10.5. The van der Waals surface area contributed by atoms with Gasteiger partial charge in [-0.05, 0) is 74.8 Å². The van der Waals surface area contributed by atoms with Gasteiger partial charge in [0.25, 0.3) is 11.8 Å². The van der Waals surface area contributed by atoms with E-state index in [-0.39, 0.29) is 11.8 Å². The minimum absolute atomic E-state index is 0.0774. The second-order valence-electron chi connectivity index (χ2n) is 10.5. The Balaban J connectivity index is 1.28. The summed E-state index contributed by atoms with van der Waals surface area (Å²) < 4.78 is 5.43. The number of likely N-dealkylation sites (N-methyl/N-ethyl adjacent to an activating group) is 1. The first kappa shape index (κ1) is 28.3. The Hall–Kier alpha value is -4.26. The van der Waals surface area contributed by atoms with Gasteiger partial charge in [-0.3, -0.25) is 19.5 Å². The third-order valence-corrected chi connectivity index (χ3v) is 7.89. The maximum absolute atomic E-state index is 13.2. The summed E-state index contributed by atoms with van der Waals surface area (Å²) in [4.78, 5) is 35.0. The van der Waals surface area contributed by atoms with Crippen molar-refractivity contribution in [3.8, 4) is 17.2 Å². The van der Waals surface area contributed by atoms with Gasteiger partial charge in [-0.2, -0.15) is 5.26 Å². The molecule has 2 aliphatic heterocycles. The lowest BCUT2D eigenvalue weighted by Crippen LogP contribution is -2.40. The van der Waals surface area contributed by atoms with E-state index in [4.69, 9.17) is 4.74 Å². The zero-order chi connectivity index (χ0) is 28.8. The van der Waals surface area contributed by atoms with Gasteiger partial charge < -0.3 is 20.3 Å². The highest BCUT2D eigenvalue weighted by molar-refractivity contribution is 6.05. The number of carbonyl (C=O) groups excluding carboxylic acids is 2. The fraction of sp³-hybridized carbons (Fsp3) is 0.375. The molecule has 2 N–H and O–H groups in total. The van der Waals surface area contributed by atoms with Gasteiger partial charge in [-0.1, -0.05) is 19.1 Å². The Morgan fingerprint density at radius 3 is 2.56 bits per heavy atom. The summed E-state index contributed by atoms with van der Waals surface area (Å²) in [7, 11) is 0. The molecule has 0 spiro atoms. The third-order valence-electron chi connectivity index (χ3n) is 7.89. The minimum Gasteiger partial charge on any atom is -0.378 e. The Labute approximate surface area is 241 Å². The van der Waals surface area contributed by atoms with Crippen LogP contribution in [0.5, 0.6) is 0 Å². The van der Waals surface area contributed by atoms with Crippen LogP contribution in [0.15, 0.2) is 54.7 Å². The average molecular weight is 553 g/mol. The number of hydrogen-bond acceptors (Lipinski definition) is 7. The molecule has 5 rings (SSSR count). The predicted octanol–water partition coefficient (Wildman–Crippen LogP) is 4.23. The smallest absolute Gasteiger partial charge is 0.255 e. The molecule has 3 aromatic rings. The van der Waals surface area contributed by atoms with Gasteiger partial charge >= 0.3 is 0 Å². The summed E-state index contributed by atoms with van der Waals surface area (Å²) in [5.41, 5.74) is 5.39. The summed E-state index contributed by atoms with van der Waals surface area (Å²) in [5, 5.41) is 15.6. The second kappa shape index (κ2) is 12.9. The number of carbonyl (C=O) groups is 2. The van der Waals surface area contributed by atoms with Gasteiger partial charge in [0.05, 0.1) is 36.7 Å². The van der Waals surface area contributed by atoms with Crippen LogP contribution in [0.3, 0.4) is 0 Å². The molecule has 2 saturated heterocycles. The van der Waals surface area contributed by atoms with Gasteiger partial charge in [0, 0.05) is 53.7 Å². The van der Waals surface area contributed by atoms with Crippen LogP contribution in [-0.2, 0) is 4.74 Å². The van der Waals surface area contributed by atoms with Gasteiger partial charge in [0.15, 0.2) is 0 Å². The molecule has 9 heteroatoms. The van der Waals surface area contributed by atoms with Crippen LogP contribution in [0.4, 0.5) is 11.4 Å². The Kier molecular flexibility index (Phi) is 8.92. The van der Waals surface area contributed by atoms with E-state index in [0.29, 0.717) is 61.3 Å². The van der Waals surface area contributed by atoms with Crippen LogP contribution < -0.4 is 15.5 Å². The number of benzene rings is 2. The SMILES string of the molecule is CCN1CCCC1CNC(=O)c1ccc(-c2cc(NC(=O)c3cc(C#N)cc(N4CCOCC4)c3)cnc2C)cc1. The number of aryl methyl sites for hydroxylation is 1. The zero-order valence-corrected chi connectivity index (χ0v) is 23.7. The topological polar surface area (TPSA) is 111 Å². The summed E-state index contributed by atoms with van der Waals surface area (Å²) >= 11 is 0. The van der Waals surface area contributed by atoms with Crippen molar-refractivity contribution < 1.29 is 14.3 Å². The lowest BCUT2D eigenvalue weighted by molar-refractivity contribution is 0.0940. The Morgan fingerprint density at radius 1 is 1.05 bits per heavy atom. The maximum Gasteiger partial charge on any atom is 0.255 e. The van der Waals surface area contributed by atoms with E-state index in [1.54, 1.807) is 24.4 Å². The van der Waals surface area contributed by atoms with Crippen LogP contribution in [0, 0.1) is 18.3 Å². The minimum atomic E-state index is -0.316. The maximum atomic E-state index is 13.2. The van der Waals surface area contributed by atoms with Crippen molar-refractivity contribution in [2.24, 2.45) is 0 Å². The number of amides is 2. The lowest BCUT2D eigenvalue weighted by atomic mass is 10.0. The average Bonchev–Trinajstić information content (AvgIpc) is 3.48. The number of nitriles is 1. The number of nitrogens with zero attached hydrogens (tertiary/aromatic N) is 4. The molecule has 1 unspecified atom stereocenters. The number of hydrogen-bond donors (Lipinski definition) is 2. The number of likely N-dealkylation sites (tertiary alicyclic amines) is 1. The van der Waals surface area contributed by atoms with Crippen LogP contribution >= 0.6 is 0 Å². The Morgan fingerprint density at radius 2 is 1.83 bits per heavy atom. The first-order chi connectivity index (χ1) is 19.9. The first-order valence-corrected chi connectivity index (χ1v) is 14.2. The normalized spacial score (nSPS) is 17.2. The number of pyridine rings is 1. The van der Waals surface area contributed by atoms with E-state index in [1.807, 2.05) is 37.3 Å². The van der Waals surface area contributed by atoms with E-state index >= 15 is 0 Å². The fourth-order valence-electron chi connectivity index (χ4n) is 5.56. The molecule has 3 heterocycles. The van der Waals surface area contributed by atoms with E-state index in [1.165, 1.54) is 6.42 Å². The van der Waals surface area contributed by atoms with Gasteiger partial charge in [0.1, 0.15) is 0 Å². The Bertz CT molecular complexity index is 1440. The lowest BCUT2D eigenvalue weighted by Gasteiger charge is -2.29. The number of morpholine rings is 1. The highest BCUT2D eigenvalue weighted by atomic mass is 16.5. The van der Waals surface area contributed by atoms with Crippen molar-refractivity contribution in [2.75, 3.05) is 56.2 Å². The number of rotatable bonds is 8. The quantitative estimate of drug-likeness (QED) is 0.430. The van der Waals surface area contributed by atoms with E-state index in [9.17, 15) is 14.9 Å². The van der Waals surface area contributed by atoms with Crippen molar-refractivity contribution in [3.05, 3.63) is 77.1 Å². The highest BCUT2D eigenvalue weighted by Crippen LogP contribution is 2.27. The molecular weight excluding hydrogens is 516 g/mol. The number of ether oxygens (including phenoxy) is 1. The predicted molar refractivity (Wildman–Crippen MR) is 159 cm³/mol. The van der Waals surface area contributed by atoms with Crippen LogP contribution in [-0.4, -0.2) is 73.7 Å². The van der Waals surface area contributed by atoms with Crippen molar-refractivity contribution in [2.45, 2.75) is 32.7 Å². The molecule has 0 aliphatic carbocycles. The van der Waals surface area contributed by atoms with Crippen LogP contribution in [0.1, 0.15) is 51.7 Å². The van der Waals surface area contributed by atoms with Crippen LogP contribution in [0.25, 0.3) is 11.1 Å². The highest BCUT2D eigenvalue weighted by Gasteiger charge is 2.23. The standard InChI is InChI=1S/C32H36N6O3/c1-3-37-10-4-5-28(37)21-35-31(39)25-8-6-24(7-9-25)30-18-27(20-34-22(30)2)36-32(40)26-15-23(19-33)16-29(17-26)38-11-13-41-14-12-38/h6-9,15-18,20,28H,3-5,10-14,21H2,1-2H3,(H,35,39)(H,36,40). The molecule has 2 aliphatic rings. The van der Waals surface area contributed by atoms with E-state index in [2.05, 4.69) is 38.4 Å². The van der Waals surface area contributed by atoms with Crippen molar-refractivity contribution >= 4 is 23.2 Å². The van der Waals surface area contributed by atoms with E-state index in [0.717, 1.165) is 42.0 Å². The first-order valence-electron chi connectivity index (χ1n) is 14.2. The fourth-order valence-corrected chi connectivity index (χ4v) is 5.56. The van der Waals surface area contributed by atoms with Crippen molar-refractivity contribution in [1.82, 2.24) is 15.2 Å². The summed E-state index contributed by atoms with van der Waals surface area (Å²) in [6, 6.07) is 17.1.